The van der Waals surface area contributed by atoms with Crippen LogP contribution in [-0.4, -0.2) is 11.3 Å². The number of para-hydroxylation sites is 2. The van der Waals surface area contributed by atoms with Crippen LogP contribution in [0.2, 0.25) is 0 Å². The van der Waals surface area contributed by atoms with Gasteiger partial charge in [-0.3, -0.25) is 4.79 Å². The molecule has 0 aliphatic rings. The molecule has 21 heavy (non-hydrogen) atoms. The van der Waals surface area contributed by atoms with Gasteiger partial charge in [0.2, 0.25) is 5.88 Å². The Labute approximate surface area is 123 Å². The van der Waals surface area contributed by atoms with Gasteiger partial charge in [0.15, 0.2) is 6.29 Å². The lowest BCUT2D eigenvalue weighted by Gasteiger charge is -2.11. The van der Waals surface area contributed by atoms with Gasteiger partial charge in [-0.05, 0) is 30.2 Å². The Morgan fingerprint density at radius 1 is 1.10 bits per heavy atom. The van der Waals surface area contributed by atoms with Gasteiger partial charge in [-0.25, -0.2) is 4.98 Å². The number of carbonyl (C=O) groups is 1. The van der Waals surface area contributed by atoms with E-state index in [1.54, 1.807) is 6.07 Å². The highest BCUT2D eigenvalue weighted by atomic mass is 16.5. The fourth-order valence-electron chi connectivity index (χ4n) is 2.28. The lowest BCUT2D eigenvalue weighted by atomic mass is 10.1. The van der Waals surface area contributed by atoms with Gasteiger partial charge in [0, 0.05) is 5.39 Å². The van der Waals surface area contributed by atoms with Crippen molar-refractivity contribution in [2.45, 2.75) is 13.3 Å². The van der Waals surface area contributed by atoms with Gasteiger partial charge in [-0.1, -0.05) is 43.3 Å². The molecule has 2 aromatic carbocycles. The maximum absolute atomic E-state index is 11.3. The first-order valence-electron chi connectivity index (χ1n) is 6.92. The Bertz CT molecular complexity index is 796. The van der Waals surface area contributed by atoms with Crippen LogP contribution in [0.5, 0.6) is 11.6 Å². The van der Waals surface area contributed by atoms with Crippen LogP contribution in [-0.2, 0) is 6.42 Å². The summed E-state index contributed by atoms with van der Waals surface area (Å²) in [6.07, 6.45) is 1.64. The van der Waals surface area contributed by atoms with E-state index in [0.717, 1.165) is 34.9 Å². The Morgan fingerprint density at radius 2 is 1.86 bits per heavy atom. The highest BCUT2D eigenvalue weighted by Crippen LogP contribution is 2.28. The zero-order valence-electron chi connectivity index (χ0n) is 11.7. The van der Waals surface area contributed by atoms with E-state index in [1.807, 2.05) is 48.5 Å². The highest BCUT2D eigenvalue weighted by Gasteiger charge is 2.10. The highest BCUT2D eigenvalue weighted by molar-refractivity contribution is 5.88. The molecule has 0 fully saturated rings. The van der Waals surface area contributed by atoms with E-state index in [0.29, 0.717) is 11.4 Å². The van der Waals surface area contributed by atoms with Crippen LogP contribution in [0.25, 0.3) is 10.9 Å². The Balaban J connectivity index is 2.09. The molecule has 0 amide bonds. The predicted octanol–water partition coefficient (Wildman–Crippen LogP) is 4.40. The predicted molar refractivity (Wildman–Crippen MR) is 83.0 cm³/mol. The number of nitrogens with zero attached hydrogens (tertiary/aromatic N) is 1. The van der Waals surface area contributed by atoms with Gasteiger partial charge in [-0.2, -0.15) is 0 Å². The summed E-state index contributed by atoms with van der Waals surface area (Å²) >= 11 is 0. The third-order valence-corrected chi connectivity index (χ3v) is 3.40. The first-order chi connectivity index (χ1) is 10.3. The van der Waals surface area contributed by atoms with Gasteiger partial charge in [0.25, 0.3) is 0 Å². The number of ether oxygens (including phenoxy) is 1. The SMILES string of the molecule is CCc1ccccc1Oc1nc2ccccc2cc1C=O. The second kappa shape index (κ2) is 5.75. The van der Waals surface area contributed by atoms with Crippen molar-refractivity contribution >= 4 is 17.2 Å². The average molecular weight is 277 g/mol. The molecule has 3 nitrogen and oxygen atoms in total. The van der Waals surface area contributed by atoms with Crippen molar-refractivity contribution in [2.24, 2.45) is 0 Å². The number of benzene rings is 2. The summed E-state index contributed by atoms with van der Waals surface area (Å²) in [6, 6.07) is 17.3. The van der Waals surface area contributed by atoms with Crippen LogP contribution in [0.4, 0.5) is 0 Å². The van der Waals surface area contributed by atoms with E-state index in [9.17, 15) is 4.79 Å². The molecular weight excluding hydrogens is 262 g/mol. The van der Waals surface area contributed by atoms with Crippen LogP contribution >= 0.6 is 0 Å². The number of carbonyl (C=O) groups excluding carboxylic acids is 1. The van der Waals surface area contributed by atoms with E-state index < -0.39 is 0 Å². The number of hydrogen-bond donors (Lipinski definition) is 0. The number of pyridine rings is 1. The molecule has 104 valence electrons. The van der Waals surface area contributed by atoms with Crippen molar-refractivity contribution in [1.82, 2.24) is 4.98 Å². The molecule has 0 saturated heterocycles. The fourth-order valence-corrected chi connectivity index (χ4v) is 2.28. The Kier molecular flexibility index (Phi) is 3.65. The van der Waals surface area contributed by atoms with Crippen LogP contribution in [0.3, 0.4) is 0 Å². The quantitative estimate of drug-likeness (QED) is 0.663. The molecule has 1 heterocycles. The van der Waals surface area contributed by atoms with Gasteiger partial charge in [0.1, 0.15) is 5.75 Å². The normalized spacial score (nSPS) is 10.5. The zero-order valence-corrected chi connectivity index (χ0v) is 11.7. The fraction of sp³-hybridized carbons (Fsp3) is 0.111. The molecule has 3 heteroatoms. The summed E-state index contributed by atoms with van der Waals surface area (Å²) in [6.45, 7) is 2.07. The van der Waals surface area contributed by atoms with Crippen molar-refractivity contribution in [1.29, 1.82) is 0 Å². The third kappa shape index (κ3) is 2.63. The lowest BCUT2D eigenvalue weighted by Crippen LogP contribution is -1.97. The maximum atomic E-state index is 11.3. The summed E-state index contributed by atoms with van der Waals surface area (Å²) in [4.78, 5) is 15.8. The minimum absolute atomic E-state index is 0.351. The summed E-state index contributed by atoms with van der Waals surface area (Å²) < 4.78 is 5.89. The molecule has 0 radical (unpaired) electrons. The smallest absolute Gasteiger partial charge is 0.230 e. The first kappa shape index (κ1) is 13.3. The van der Waals surface area contributed by atoms with Crippen molar-refractivity contribution in [2.75, 3.05) is 0 Å². The number of hydrogen-bond acceptors (Lipinski definition) is 3. The van der Waals surface area contributed by atoms with E-state index in [2.05, 4.69) is 11.9 Å². The van der Waals surface area contributed by atoms with E-state index in [-0.39, 0.29) is 0 Å². The van der Waals surface area contributed by atoms with E-state index >= 15 is 0 Å². The zero-order chi connectivity index (χ0) is 14.7. The summed E-state index contributed by atoms with van der Waals surface area (Å²) in [5.41, 5.74) is 2.36. The molecule has 0 N–H and O–H groups in total. The molecule has 0 aliphatic heterocycles. The molecule has 0 spiro atoms. The molecule has 0 aliphatic carbocycles. The molecule has 1 aromatic heterocycles. The number of aldehydes is 1. The second-order valence-corrected chi connectivity index (χ2v) is 4.76. The molecule has 0 bridgehead atoms. The summed E-state index contributed by atoms with van der Waals surface area (Å²) in [5.74, 6) is 1.09. The minimum atomic E-state index is 0.351. The monoisotopic (exact) mass is 277 g/mol. The molecule has 0 atom stereocenters. The van der Waals surface area contributed by atoms with E-state index in [1.165, 1.54) is 0 Å². The van der Waals surface area contributed by atoms with Gasteiger partial charge in [-0.15, -0.1) is 0 Å². The van der Waals surface area contributed by atoms with Crippen molar-refractivity contribution in [3.05, 3.63) is 65.7 Å². The van der Waals surface area contributed by atoms with Crippen molar-refractivity contribution < 1.29 is 9.53 Å². The average Bonchev–Trinajstić information content (AvgIpc) is 2.54. The van der Waals surface area contributed by atoms with Gasteiger partial charge in [0.05, 0.1) is 11.1 Å². The number of rotatable bonds is 4. The standard InChI is InChI=1S/C18H15NO2/c1-2-13-7-4-6-10-17(13)21-18-15(12-20)11-14-8-3-5-9-16(14)19-18/h3-12H,2H2,1H3. The second-order valence-electron chi connectivity index (χ2n) is 4.76. The van der Waals surface area contributed by atoms with Gasteiger partial charge < -0.3 is 4.74 Å². The largest absolute Gasteiger partial charge is 0.438 e. The van der Waals surface area contributed by atoms with Crippen molar-refractivity contribution in [3.8, 4) is 11.6 Å². The minimum Gasteiger partial charge on any atom is -0.438 e. The number of aryl methyl sites for hydroxylation is 1. The molecule has 0 unspecified atom stereocenters. The topological polar surface area (TPSA) is 39.2 Å². The summed E-state index contributed by atoms with van der Waals surface area (Å²) in [7, 11) is 0. The van der Waals surface area contributed by atoms with Gasteiger partial charge >= 0.3 is 0 Å². The van der Waals surface area contributed by atoms with Crippen LogP contribution in [0.15, 0.2) is 54.6 Å². The van der Waals surface area contributed by atoms with E-state index in [4.69, 9.17) is 4.74 Å². The van der Waals surface area contributed by atoms with Crippen LogP contribution in [0.1, 0.15) is 22.8 Å². The summed E-state index contributed by atoms with van der Waals surface area (Å²) in [5, 5.41) is 0.927. The van der Waals surface area contributed by atoms with Crippen LogP contribution in [0, 0.1) is 0 Å². The molecule has 3 aromatic rings. The lowest BCUT2D eigenvalue weighted by molar-refractivity contribution is 0.112. The van der Waals surface area contributed by atoms with Crippen LogP contribution < -0.4 is 4.74 Å². The molecule has 0 saturated carbocycles. The maximum Gasteiger partial charge on any atom is 0.230 e. The Hall–Kier alpha value is -2.68. The Morgan fingerprint density at radius 3 is 2.67 bits per heavy atom. The number of fused-ring (bicyclic) bond motifs is 1. The first-order valence-corrected chi connectivity index (χ1v) is 6.92. The van der Waals surface area contributed by atoms with Crippen molar-refractivity contribution in [3.63, 3.8) is 0 Å². The molecule has 3 rings (SSSR count). The third-order valence-electron chi connectivity index (χ3n) is 3.40. The number of aromatic nitrogens is 1. The molecular formula is C18H15NO2.